The molecule has 1 fully saturated rings. The minimum absolute atomic E-state index is 0.00511. The fourth-order valence-corrected chi connectivity index (χ4v) is 3.25. The van der Waals surface area contributed by atoms with Gasteiger partial charge < -0.3 is 4.90 Å². The molecule has 1 aliphatic carbocycles. The van der Waals surface area contributed by atoms with Crippen LogP contribution < -0.4 is 4.90 Å². The first-order valence-electron chi connectivity index (χ1n) is 8.28. The summed E-state index contributed by atoms with van der Waals surface area (Å²) in [6.07, 6.45) is -2.44. The van der Waals surface area contributed by atoms with Crippen molar-refractivity contribution in [3.8, 4) is 0 Å². The molecule has 23 heavy (non-hydrogen) atoms. The van der Waals surface area contributed by atoms with Crippen LogP contribution in [-0.2, 0) is 0 Å². The smallest absolute Gasteiger partial charge is 0.359 e. The van der Waals surface area contributed by atoms with E-state index in [4.69, 9.17) is 0 Å². The highest BCUT2D eigenvalue weighted by Crippen LogP contribution is 2.38. The number of alkyl halides is 3. The zero-order chi connectivity index (χ0) is 17.4. The first kappa shape index (κ1) is 18.1. The third-order valence-electron chi connectivity index (χ3n) is 4.52. The monoisotopic (exact) mass is 331 g/mol. The standard InChI is InChI=1S/C18H25F4N/c1-5-16(18(20,21)22)23(10-13-6-7-13)14-8-12(4)17(11(2)3)15(19)9-14/h8-9,11,13,16H,5-7,10H2,1-4H3. The number of hydrogen-bond acceptors (Lipinski definition) is 1. The zero-order valence-electron chi connectivity index (χ0n) is 14.2. The minimum atomic E-state index is -4.31. The van der Waals surface area contributed by atoms with Gasteiger partial charge in [0.2, 0.25) is 0 Å². The number of halogens is 4. The Labute approximate surface area is 135 Å². The molecular formula is C18H25F4N. The number of benzene rings is 1. The predicted molar refractivity (Wildman–Crippen MR) is 85.4 cm³/mol. The van der Waals surface area contributed by atoms with Crippen molar-refractivity contribution in [1.29, 1.82) is 0 Å². The second-order valence-corrected chi connectivity index (χ2v) is 6.87. The third kappa shape index (κ3) is 4.18. The molecule has 0 N–H and O–H groups in total. The summed E-state index contributed by atoms with van der Waals surface area (Å²) in [5.41, 5.74) is 1.65. The van der Waals surface area contributed by atoms with E-state index in [0.717, 1.165) is 12.8 Å². The number of nitrogens with zero attached hydrogens (tertiary/aromatic N) is 1. The molecule has 1 atom stereocenters. The molecule has 0 bridgehead atoms. The summed E-state index contributed by atoms with van der Waals surface area (Å²) < 4.78 is 54.6. The van der Waals surface area contributed by atoms with Gasteiger partial charge in [0.1, 0.15) is 11.9 Å². The van der Waals surface area contributed by atoms with E-state index in [1.165, 1.54) is 17.9 Å². The maximum absolute atomic E-state index is 14.4. The molecule has 0 aliphatic heterocycles. The van der Waals surface area contributed by atoms with Gasteiger partial charge in [-0.25, -0.2) is 4.39 Å². The molecule has 130 valence electrons. The molecule has 0 spiro atoms. The number of rotatable bonds is 6. The summed E-state index contributed by atoms with van der Waals surface area (Å²) >= 11 is 0. The Morgan fingerprint density at radius 2 is 1.83 bits per heavy atom. The van der Waals surface area contributed by atoms with Crippen molar-refractivity contribution < 1.29 is 17.6 Å². The number of hydrogen-bond donors (Lipinski definition) is 0. The van der Waals surface area contributed by atoms with E-state index in [1.807, 2.05) is 13.8 Å². The van der Waals surface area contributed by atoms with E-state index in [1.54, 1.807) is 13.0 Å². The van der Waals surface area contributed by atoms with Crippen molar-refractivity contribution >= 4 is 5.69 Å². The van der Waals surface area contributed by atoms with Crippen LogP contribution in [-0.4, -0.2) is 18.8 Å². The van der Waals surface area contributed by atoms with Crippen LogP contribution in [0.25, 0.3) is 0 Å². The summed E-state index contributed by atoms with van der Waals surface area (Å²) in [6, 6.07) is 1.42. The van der Waals surface area contributed by atoms with E-state index >= 15 is 0 Å². The van der Waals surface area contributed by atoms with Crippen LogP contribution in [0.2, 0.25) is 0 Å². The van der Waals surface area contributed by atoms with Crippen molar-refractivity contribution in [2.24, 2.45) is 5.92 Å². The van der Waals surface area contributed by atoms with Crippen molar-refractivity contribution in [2.45, 2.75) is 65.1 Å². The third-order valence-corrected chi connectivity index (χ3v) is 4.52. The Kier molecular flexibility index (Phi) is 5.27. The molecule has 1 aromatic rings. The van der Waals surface area contributed by atoms with Gasteiger partial charge >= 0.3 is 6.18 Å². The maximum Gasteiger partial charge on any atom is 0.408 e. The van der Waals surface area contributed by atoms with Gasteiger partial charge in [-0.3, -0.25) is 0 Å². The van der Waals surface area contributed by atoms with Gasteiger partial charge in [0.25, 0.3) is 0 Å². The van der Waals surface area contributed by atoms with E-state index in [2.05, 4.69) is 0 Å². The van der Waals surface area contributed by atoms with E-state index < -0.39 is 18.0 Å². The highest BCUT2D eigenvalue weighted by molar-refractivity contribution is 5.53. The Morgan fingerprint density at radius 3 is 2.22 bits per heavy atom. The van der Waals surface area contributed by atoms with Crippen molar-refractivity contribution in [3.63, 3.8) is 0 Å². The molecule has 0 aromatic heterocycles. The van der Waals surface area contributed by atoms with E-state index in [9.17, 15) is 17.6 Å². The van der Waals surface area contributed by atoms with Gasteiger partial charge in [0.15, 0.2) is 0 Å². The molecule has 0 amide bonds. The van der Waals surface area contributed by atoms with Crippen LogP contribution >= 0.6 is 0 Å². The molecule has 1 saturated carbocycles. The van der Waals surface area contributed by atoms with Crippen molar-refractivity contribution in [3.05, 3.63) is 29.1 Å². The maximum atomic E-state index is 14.4. The van der Waals surface area contributed by atoms with Gasteiger partial charge in [0, 0.05) is 12.2 Å². The lowest BCUT2D eigenvalue weighted by Crippen LogP contribution is -2.46. The first-order valence-corrected chi connectivity index (χ1v) is 8.28. The Hall–Kier alpha value is -1.26. The predicted octanol–water partition coefficient (Wildman–Crippen LogP) is 5.81. The quantitative estimate of drug-likeness (QED) is 0.594. The van der Waals surface area contributed by atoms with Gasteiger partial charge in [-0.1, -0.05) is 20.8 Å². The Balaban J connectivity index is 2.43. The normalized spacial score (nSPS) is 16.7. The van der Waals surface area contributed by atoms with Crippen molar-refractivity contribution in [1.82, 2.24) is 0 Å². The molecular weight excluding hydrogens is 306 g/mol. The SMILES string of the molecule is CCC(N(CC1CC1)c1cc(C)c(C(C)C)c(F)c1)C(F)(F)F. The Bertz CT molecular complexity index is 523. The Morgan fingerprint density at radius 1 is 1.22 bits per heavy atom. The van der Waals surface area contributed by atoms with Crippen molar-refractivity contribution in [2.75, 3.05) is 11.4 Å². The average molecular weight is 331 g/mol. The molecule has 5 heteroatoms. The van der Waals surface area contributed by atoms with Gasteiger partial charge in [-0.2, -0.15) is 13.2 Å². The van der Waals surface area contributed by atoms with Gasteiger partial charge in [0.05, 0.1) is 0 Å². The molecule has 0 saturated heterocycles. The molecule has 2 rings (SSSR count). The lowest BCUT2D eigenvalue weighted by Gasteiger charge is -2.35. The highest BCUT2D eigenvalue weighted by Gasteiger charge is 2.44. The number of anilines is 1. The second-order valence-electron chi connectivity index (χ2n) is 6.87. The van der Waals surface area contributed by atoms with Crippen LogP contribution in [0.4, 0.5) is 23.2 Å². The largest absolute Gasteiger partial charge is 0.408 e. The fraction of sp³-hybridized carbons (Fsp3) is 0.667. The first-order chi connectivity index (χ1) is 10.6. The summed E-state index contributed by atoms with van der Waals surface area (Å²) in [5.74, 6) is -0.113. The topological polar surface area (TPSA) is 3.24 Å². The molecule has 1 nitrogen and oxygen atoms in total. The summed E-state index contributed by atoms with van der Waals surface area (Å²) in [4.78, 5) is 1.36. The fourth-order valence-electron chi connectivity index (χ4n) is 3.25. The van der Waals surface area contributed by atoms with Crippen LogP contribution in [0, 0.1) is 18.7 Å². The van der Waals surface area contributed by atoms with Crippen LogP contribution in [0.15, 0.2) is 12.1 Å². The summed E-state index contributed by atoms with van der Waals surface area (Å²) in [6.45, 7) is 7.42. The van der Waals surface area contributed by atoms with Crippen LogP contribution in [0.3, 0.4) is 0 Å². The van der Waals surface area contributed by atoms with Gasteiger partial charge in [-0.15, -0.1) is 0 Å². The lowest BCUT2D eigenvalue weighted by molar-refractivity contribution is -0.149. The molecule has 1 aliphatic rings. The molecule has 1 unspecified atom stereocenters. The van der Waals surface area contributed by atoms with E-state index in [0.29, 0.717) is 29.3 Å². The average Bonchev–Trinajstić information content (AvgIpc) is 3.19. The highest BCUT2D eigenvalue weighted by atomic mass is 19.4. The van der Waals surface area contributed by atoms with Crippen LogP contribution in [0.5, 0.6) is 0 Å². The zero-order valence-corrected chi connectivity index (χ0v) is 14.2. The minimum Gasteiger partial charge on any atom is -0.359 e. The number of aryl methyl sites for hydroxylation is 1. The summed E-state index contributed by atoms with van der Waals surface area (Å²) in [7, 11) is 0. The lowest BCUT2D eigenvalue weighted by atomic mass is 9.96. The van der Waals surface area contributed by atoms with Crippen LogP contribution in [0.1, 0.15) is 57.1 Å². The molecule has 0 radical (unpaired) electrons. The second kappa shape index (κ2) is 6.70. The summed E-state index contributed by atoms with van der Waals surface area (Å²) in [5, 5.41) is 0. The molecule has 1 aromatic carbocycles. The van der Waals surface area contributed by atoms with E-state index in [-0.39, 0.29) is 12.3 Å². The molecule has 0 heterocycles. The van der Waals surface area contributed by atoms with Gasteiger partial charge in [-0.05, 0) is 61.3 Å².